The van der Waals surface area contributed by atoms with Crippen molar-refractivity contribution < 1.29 is 9.84 Å². The third-order valence-electron chi connectivity index (χ3n) is 2.54. The molecule has 1 heterocycles. The van der Waals surface area contributed by atoms with Crippen molar-refractivity contribution in [2.24, 2.45) is 0 Å². The summed E-state index contributed by atoms with van der Waals surface area (Å²) in [7, 11) is 0. The van der Waals surface area contributed by atoms with Crippen LogP contribution in [0.2, 0.25) is 0 Å². The largest absolute Gasteiger partial charge is 0.439 e. The van der Waals surface area contributed by atoms with Crippen LogP contribution < -0.4 is 4.74 Å². The maximum Gasteiger partial charge on any atom is 0.227 e. The van der Waals surface area contributed by atoms with E-state index in [0.29, 0.717) is 17.2 Å². The Morgan fingerprint density at radius 1 is 1.28 bits per heavy atom. The number of ether oxygens (including phenoxy) is 1. The number of aliphatic hydroxyl groups excluding tert-OH is 1. The molecule has 0 aliphatic rings. The molecule has 0 unspecified atom stereocenters. The van der Waals surface area contributed by atoms with Crippen LogP contribution in [0.5, 0.6) is 11.6 Å². The van der Waals surface area contributed by atoms with Gasteiger partial charge in [-0.25, -0.2) is 9.97 Å². The monoisotopic (exact) mass is 308 g/mol. The third-order valence-corrected chi connectivity index (χ3v) is 3.79. The van der Waals surface area contributed by atoms with Crippen molar-refractivity contribution in [1.29, 1.82) is 0 Å². The summed E-state index contributed by atoms with van der Waals surface area (Å²) in [6, 6.07) is 3.83. The van der Waals surface area contributed by atoms with Crippen LogP contribution in [0, 0.1) is 13.8 Å². The van der Waals surface area contributed by atoms with Gasteiger partial charge in [0.25, 0.3) is 0 Å². The number of aromatic nitrogens is 2. The Labute approximate surface area is 114 Å². The zero-order valence-electron chi connectivity index (χ0n) is 10.1. The predicted octanol–water partition coefficient (Wildman–Crippen LogP) is 3.14. The highest BCUT2D eigenvalue weighted by molar-refractivity contribution is 9.10. The number of halogens is 1. The molecule has 0 fully saturated rings. The van der Waals surface area contributed by atoms with Crippen LogP contribution in [-0.2, 0) is 6.61 Å². The first-order valence-electron chi connectivity index (χ1n) is 5.46. The van der Waals surface area contributed by atoms with Crippen molar-refractivity contribution in [2.45, 2.75) is 20.5 Å². The van der Waals surface area contributed by atoms with Crippen molar-refractivity contribution in [2.75, 3.05) is 0 Å². The second-order valence-corrected chi connectivity index (χ2v) is 4.78. The van der Waals surface area contributed by atoms with E-state index in [4.69, 9.17) is 4.74 Å². The molecule has 0 aliphatic heterocycles. The molecule has 94 valence electrons. The molecular weight excluding hydrogens is 296 g/mol. The van der Waals surface area contributed by atoms with Gasteiger partial charge in [0, 0.05) is 10.7 Å². The topological polar surface area (TPSA) is 55.2 Å². The Kier molecular flexibility index (Phi) is 3.93. The molecule has 1 aromatic carbocycles. The predicted molar refractivity (Wildman–Crippen MR) is 71.6 cm³/mol. The van der Waals surface area contributed by atoms with E-state index in [9.17, 15) is 5.11 Å². The summed E-state index contributed by atoms with van der Waals surface area (Å²) in [5.41, 5.74) is 2.74. The van der Waals surface area contributed by atoms with Gasteiger partial charge in [-0.15, -0.1) is 0 Å². The van der Waals surface area contributed by atoms with Crippen LogP contribution >= 0.6 is 15.9 Å². The second-order valence-electron chi connectivity index (χ2n) is 3.98. The first-order chi connectivity index (χ1) is 8.61. The van der Waals surface area contributed by atoms with Crippen LogP contribution in [0.4, 0.5) is 0 Å². The Balaban J connectivity index is 2.34. The van der Waals surface area contributed by atoms with E-state index in [-0.39, 0.29) is 6.61 Å². The van der Waals surface area contributed by atoms with E-state index in [1.54, 1.807) is 6.20 Å². The Morgan fingerprint density at radius 3 is 2.56 bits per heavy atom. The van der Waals surface area contributed by atoms with Gasteiger partial charge in [0.2, 0.25) is 5.88 Å². The van der Waals surface area contributed by atoms with Gasteiger partial charge in [0.15, 0.2) is 0 Å². The van der Waals surface area contributed by atoms with Crippen LogP contribution in [0.1, 0.15) is 16.7 Å². The van der Waals surface area contributed by atoms with Gasteiger partial charge < -0.3 is 9.84 Å². The van der Waals surface area contributed by atoms with Gasteiger partial charge in [-0.1, -0.05) is 15.9 Å². The summed E-state index contributed by atoms with van der Waals surface area (Å²) in [5.74, 6) is 1.08. The third kappa shape index (κ3) is 2.68. The fourth-order valence-corrected chi connectivity index (χ4v) is 1.85. The van der Waals surface area contributed by atoms with Gasteiger partial charge in [-0.2, -0.15) is 0 Å². The highest BCUT2D eigenvalue weighted by Crippen LogP contribution is 2.29. The molecule has 0 atom stereocenters. The Morgan fingerprint density at radius 2 is 1.94 bits per heavy atom. The highest BCUT2D eigenvalue weighted by Gasteiger charge is 2.08. The van der Waals surface area contributed by atoms with Gasteiger partial charge >= 0.3 is 0 Å². The molecular formula is C13H13BrN2O2. The first kappa shape index (κ1) is 13.0. The van der Waals surface area contributed by atoms with E-state index in [2.05, 4.69) is 25.9 Å². The second kappa shape index (κ2) is 5.46. The molecule has 0 spiro atoms. The van der Waals surface area contributed by atoms with Crippen LogP contribution in [0.25, 0.3) is 0 Å². The van der Waals surface area contributed by atoms with Crippen LogP contribution in [0.15, 0.2) is 29.1 Å². The summed E-state index contributed by atoms with van der Waals surface area (Å²) in [6.07, 6.45) is 2.94. The maximum atomic E-state index is 9.18. The summed E-state index contributed by atoms with van der Waals surface area (Å²) < 4.78 is 6.75. The molecule has 2 aromatic rings. The van der Waals surface area contributed by atoms with E-state index in [1.807, 2.05) is 26.0 Å². The minimum Gasteiger partial charge on any atom is -0.439 e. The minimum absolute atomic E-state index is 0.148. The Hall–Kier alpha value is -1.46. The number of rotatable bonds is 3. The number of benzene rings is 1. The van der Waals surface area contributed by atoms with Crippen molar-refractivity contribution >= 4 is 15.9 Å². The zero-order chi connectivity index (χ0) is 13.1. The molecule has 0 saturated carbocycles. The average molecular weight is 309 g/mol. The molecule has 0 saturated heterocycles. The maximum absolute atomic E-state index is 9.18. The van der Waals surface area contributed by atoms with Gasteiger partial charge in [-0.3, -0.25) is 0 Å². The molecule has 1 N–H and O–H groups in total. The molecule has 18 heavy (non-hydrogen) atoms. The zero-order valence-corrected chi connectivity index (χ0v) is 11.7. The lowest BCUT2D eigenvalue weighted by Crippen LogP contribution is -1.96. The lowest BCUT2D eigenvalue weighted by atomic mass is 10.1. The highest BCUT2D eigenvalue weighted by atomic mass is 79.9. The number of hydrogen-bond acceptors (Lipinski definition) is 4. The Bertz CT molecular complexity index is 550. The lowest BCUT2D eigenvalue weighted by molar-refractivity contribution is 0.274. The summed E-state index contributed by atoms with van der Waals surface area (Å²) >= 11 is 3.51. The standard InChI is InChI=1S/C13H13BrN2O2/c1-8-3-11(4-9(2)12(8)14)18-13-10(6-17)5-15-7-16-13/h3-5,7,17H,6H2,1-2H3. The molecule has 4 nitrogen and oxygen atoms in total. The fourth-order valence-electron chi connectivity index (χ4n) is 1.62. The SMILES string of the molecule is Cc1cc(Oc2ncncc2CO)cc(C)c1Br. The smallest absolute Gasteiger partial charge is 0.227 e. The molecule has 0 aliphatic carbocycles. The lowest BCUT2D eigenvalue weighted by Gasteiger charge is -2.10. The van der Waals surface area contributed by atoms with E-state index in [1.165, 1.54) is 6.33 Å². The van der Waals surface area contributed by atoms with Gasteiger partial charge in [0.1, 0.15) is 12.1 Å². The van der Waals surface area contributed by atoms with Gasteiger partial charge in [0.05, 0.1) is 12.2 Å². The van der Waals surface area contributed by atoms with Crippen molar-refractivity contribution in [3.63, 3.8) is 0 Å². The van der Waals surface area contributed by atoms with E-state index >= 15 is 0 Å². The molecule has 5 heteroatoms. The van der Waals surface area contributed by atoms with Crippen molar-refractivity contribution in [3.8, 4) is 11.6 Å². The number of aryl methyl sites for hydroxylation is 2. The molecule has 1 aromatic heterocycles. The number of hydrogen-bond donors (Lipinski definition) is 1. The van der Waals surface area contributed by atoms with Crippen molar-refractivity contribution in [1.82, 2.24) is 9.97 Å². The number of nitrogens with zero attached hydrogens (tertiary/aromatic N) is 2. The summed E-state index contributed by atoms with van der Waals surface area (Å²) in [4.78, 5) is 7.87. The molecule has 2 rings (SSSR count). The van der Waals surface area contributed by atoms with E-state index < -0.39 is 0 Å². The van der Waals surface area contributed by atoms with Crippen LogP contribution in [-0.4, -0.2) is 15.1 Å². The van der Waals surface area contributed by atoms with Crippen molar-refractivity contribution in [3.05, 3.63) is 45.8 Å². The van der Waals surface area contributed by atoms with Gasteiger partial charge in [-0.05, 0) is 37.1 Å². The summed E-state index contributed by atoms with van der Waals surface area (Å²) in [5, 5.41) is 9.18. The molecule has 0 bridgehead atoms. The van der Waals surface area contributed by atoms with E-state index in [0.717, 1.165) is 15.6 Å². The average Bonchev–Trinajstić information content (AvgIpc) is 2.36. The first-order valence-corrected chi connectivity index (χ1v) is 6.25. The fraction of sp³-hybridized carbons (Fsp3) is 0.231. The normalized spacial score (nSPS) is 10.4. The minimum atomic E-state index is -0.148. The number of aliphatic hydroxyl groups is 1. The summed E-state index contributed by atoms with van der Waals surface area (Å²) in [6.45, 7) is 3.85. The quantitative estimate of drug-likeness (QED) is 0.946. The molecule has 0 radical (unpaired) electrons. The molecule has 0 amide bonds. The van der Waals surface area contributed by atoms with Crippen LogP contribution in [0.3, 0.4) is 0 Å².